The van der Waals surface area contributed by atoms with Crippen LogP contribution >= 0.6 is 0 Å². The second kappa shape index (κ2) is 4.89. The summed E-state index contributed by atoms with van der Waals surface area (Å²) < 4.78 is 37.4. The maximum atomic E-state index is 11.9. The molecule has 0 aliphatic carbocycles. The van der Waals surface area contributed by atoms with Gasteiger partial charge in [0.15, 0.2) is 5.78 Å². The van der Waals surface area contributed by atoms with Crippen LogP contribution in [0.3, 0.4) is 0 Å². The molecule has 0 radical (unpaired) electrons. The van der Waals surface area contributed by atoms with Gasteiger partial charge in [0.1, 0.15) is 0 Å². The van der Waals surface area contributed by atoms with Crippen molar-refractivity contribution in [1.29, 1.82) is 0 Å². The predicted molar refractivity (Wildman–Crippen MR) is 56.9 cm³/mol. The van der Waals surface area contributed by atoms with E-state index in [1.54, 1.807) is 25.6 Å². The van der Waals surface area contributed by atoms with Crippen LogP contribution in [0, 0.1) is 13.8 Å². The lowest BCUT2D eigenvalue weighted by atomic mass is 10.0. The van der Waals surface area contributed by atoms with Gasteiger partial charge in [0.05, 0.1) is 11.3 Å². The van der Waals surface area contributed by atoms with Crippen molar-refractivity contribution in [3.8, 4) is 0 Å². The first-order chi connectivity index (χ1) is 7.72. The van der Waals surface area contributed by atoms with E-state index in [4.69, 9.17) is 0 Å². The molecule has 1 heterocycles. The Kier molecular flexibility index (Phi) is 3.95. The van der Waals surface area contributed by atoms with Crippen LogP contribution in [-0.2, 0) is 7.05 Å². The van der Waals surface area contributed by atoms with Crippen LogP contribution in [0.1, 0.15) is 41.0 Å². The molecule has 0 spiro atoms. The second-order valence-corrected chi connectivity index (χ2v) is 4.06. The average Bonchev–Trinajstić information content (AvgIpc) is 2.38. The first kappa shape index (κ1) is 13.7. The molecule has 0 saturated heterocycles. The number of nitrogens with zero attached hydrogens (tertiary/aromatic N) is 2. The summed E-state index contributed by atoms with van der Waals surface area (Å²) in [5.74, 6) is -0.266. The zero-order valence-electron chi connectivity index (χ0n) is 10.1. The zero-order chi connectivity index (χ0) is 13.2. The van der Waals surface area contributed by atoms with Gasteiger partial charge in [-0.05, 0) is 20.3 Å². The van der Waals surface area contributed by atoms with Gasteiger partial charge in [-0.25, -0.2) is 0 Å². The summed E-state index contributed by atoms with van der Waals surface area (Å²) in [7, 11) is 1.70. The molecule has 0 aliphatic rings. The molecule has 0 unspecified atom stereocenters. The van der Waals surface area contributed by atoms with Crippen molar-refractivity contribution in [2.75, 3.05) is 0 Å². The highest BCUT2D eigenvalue weighted by molar-refractivity contribution is 5.98. The fourth-order valence-corrected chi connectivity index (χ4v) is 1.75. The van der Waals surface area contributed by atoms with Crippen molar-refractivity contribution in [3.05, 3.63) is 17.0 Å². The normalized spacial score (nSPS) is 11.9. The Labute approximate surface area is 97.6 Å². The summed E-state index contributed by atoms with van der Waals surface area (Å²) in [6, 6.07) is 0. The third-order valence-electron chi connectivity index (χ3n) is 2.65. The summed E-state index contributed by atoms with van der Waals surface area (Å²) in [5.41, 5.74) is 1.72. The number of carbonyl (C=O) groups is 1. The smallest absolute Gasteiger partial charge is 0.294 e. The lowest BCUT2D eigenvalue weighted by Crippen LogP contribution is -2.09. The van der Waals surface area contributed by atoms with Crippen LogP contribution in [0.25, 0.3) is 0 Å². The van der Waals surface area contributed by atoms with Crippen molar-refractivity contribution in [2.24, 2.45) is 7.05 Å². The largest absolute Gasteiger partial charge is 0.389 e. The molecule has 1 aromatic heterocycles. The van der Waals surface area contributed by atoms with E-state index in [0.29, 0.717) is 17.0 Å². The molecular weight excluding hydrogens is 233 g/mol. The number of aromatic nitrogens is 2. The summed E-state index contributed by atoms with van der Waals surface area (Å²) in [6.07, 6.45) is -5.38. The van der Waals surface area contributed by atoms with Gasteiger partial charge in [0.2, 0.25) is 0 Å². The molecule has 0 aliphatic heterocycles. The maximum absolute atomic E-state index is 11.9. The number of Topliss-reactive ketones (excluding diaryl/α,β-unsaturated/α-hetero) is 1. The van der Waals surface area contributed by atoms with Gasteiger partial charge in [-0.3, -0.25) is 9.48 Å². The molecule has 1 aromatic rings. The van der Waals surface area contributed by atoms with Gasteiger partial charge >= 0.3 is 6.18 Å². The van der Waals surface area contributed by atoms with Gasteiger partial charge in [0.25, 0.3) is 0 Å². The molecular formula is C11H15F3N2O. The summed E-state index contributed by atoms with van der Waals surface area (Å²) in [6.45, 7) is 3.42. The Balaban J connectivity index is 2.65. The first-order valence-corrected chi connectivity index (χ1v) is 5.32. The number of hydrogen-bond donors (Lipinski definition) is 0. The first-order valence-electron chi connectivity index (χ1n) is 5.32. The summed E-state index contributed by atoms with van der Waals surface area (Å²) in [5, 5.41) is 4.06. The van der Waals surface area contributed by atoms with E-state index in [9.17, 15) is 18.0 Å². The molecule has 0 saturated carbocycles. The van der Waals surface area contributed by atoms with Crippen LogP contribution in [0.2, 0.25) is 0 Å². The Hall–Kier alpha value is -1.33. The van der Waals surface area contributed by atoms with E-state index in [0.717, 1.165) is 0 Å². The van der Waals surface area contributed by atoms with E-state index < -0.39 is 12.6 Å². The van der Waals surface area contributed by atoms with Gasteiger partial charge in [0, 0.05) is 25.6 Å². The minimum Gasteiger partial charge on any atom is -0.294 e. The number of carbonyl (C=O) groups excluding carboxylic acids is 1. The van der Waals surface area contributed by atoms with Crippen molar-refractivity contribution in [2.45, 2.75) is 39.3 Å². The quantitative estimate of drug-likeness (QED) is 0.768. The molecule has 6 heteroatoms. The fraction of sp³-hybridized carbons (Fsp3) is 0.636. The number of ketones is 1. The summed E-state index contributed by atoms with van der Waals surface area (Å²) >= 11 is 0. The monoisotopic (exact) mass is 248 g/mol. The molecule has 0 bridgehead atoms. The van der Waals surface area contributed by atoms with E-state index in [1.165, 1.54) is 0 Å². The van der Waals surface area contributed by atoms with Crippen molar-refractivity contribution in [1.82, 2.24) is 9.78 Å². The molecule has 17 heavy (non-hydrogen) atoms. The molecule has 0 N–H and O–H groups in total. The fourth-order valence-electron chi connectivity index (χ4n) is 1.75. The summed E-state index contributed by atoms with van der Waals surface area (Å²) in [4.78, 5) is 11.8. The van der Waals surface area contributed by atoms with E-state index in [-0.39, 0.29) is 18.6 Å². The Morgan fingerprint density at radius 1 is 1.35 bits per heavy atom. The predicted octanol–water partition coefficient (Wildman–Crippen LogP) is 2.95. The number of alkyl halides is 3. The molecule has 96 valence electrons. The van der Waals surface area contributed by atoms with Crippen LogP contribution in [0.4, 0.5) is 13.2 Å². The molecule has 1 rings (SSSR count). The van der Waals surface area contributed by atoms with Crippen LogP contribution < -0.4 is 0 Å². The SMILES string of the molecule is Cc1nn(C)c(C)c1C(=O)CCCC(F)(F)F. The van der Waals surface area contributed by atoms with E-state index >= 15 is 0 Å². The molecule has 0 fully saturated rings. The van der Waals surface area contributed by atoms with Gasteiger partial charge in [-0.2, -0.15) is 18.3 Å². The Bertz CT molecular complexity index is 421. The second-order valence-electron chi connectivity index (χ2n) is 4.06. The average molecular weight is 248 g/mol. The number of rotatable bonds is 4. The minimum atomic E-state index is -4.20. The number of halogens is 3. The third kappa shape index (κ3) is 3.57. The Morgan fingerprint density at radius 3 is 2.35 bits per heavy atom. The topological polar surface area (TPSA) is 34.9 Å². The van der Waals surface area contributed by atoms with Gasteiger partial charge in [-0.15, -0.1) is 0 Å². The molecule has 0 amide bonds. The number of hydrogen-bond acceptors (Lipinski definition) is 2. The van der Waals surface area contributed by atoms with Crippen molar-refractivity contribution >= 4 is 5.78 Å². The highest BCUT2D eigenvalue weighted by Gasteiger charge is 2.27. The molecule has 3 nitrogen and oxygen atoms in total. The number of aryl methyl sites for hydroxylation is 2. The molecule has 0 atom stereocenters. The standard InChI is InChI=1S/C11H15F3N2O/c1-7-10(8(2)16(3)15-7)9(17)5-4-6-11(12,13)14/h4-6H2,1-3H3. The van der Waals surface area contributed by atoms with Crippen LogP contribution in [-0.4, -0.2) is 21.7 Å². The maximum Gasteiger partial charge on any atom is 0.389 e. The lowest BCUT2D eigenvalue weighted by molar-refractivity contribution is -0.135. The Morgan fingerprint density at radius 2 is 1.94 bits per heavy atom. The zero-order valence-corrected chi connectivity index (χ0v) is 10.1. The highest BCUT2D eigenvalue weighted by atomic mass is 19.4. The van der Waals surface area contributed by atoms with E-state index in [1.807, 2.05) is 0 Å². The lowest BCUT2D eigenvalue weighted by Gasteiger charge is -2.05. The minimum absolute atomic E-state index is 0.0904. The van der Waals surface area contributed by atoms with Crippen LogP contribution in [0.5, 0.6) is 0 Å². The van der Waals surface area contributed by atoms with Crippen molar-refractivity contribution < 1.29 is 18.0 Å². The third-order valence-corrected chi connectivity index (χ3v) is 2.65. The van der Waals surface area contributed by atoms with Crippen LogP contribution in [0.15, 0.2) is 0 Å². The van der Waals surface area contributed by atoms with Crippen molar-refractivity contribution in [3.63, 3.8) is 0 Å². The van der Waals surface area contributed by atoms with Gasteiger partial charge < -0.3 is 0 Å². The van der Waals surface area contributed by atoms with Gasteiger partial charge in [-0.1, -0.05) is 0 Å². The van der Waals surface area contributed by atoms with E-state index in [2.05, 4.69) is 5.10 Å². The molecule has 0 aromatic carbocycles. The highest BCUT2D eigenvalue weighted by Crippen LogP contribution is 2.23.